The lowest BCUT2D eigenvalue weighted by Crippen LogP contribution is -2.32. The van der Waals surface area contributed by atoms with Crippen LogP contribution in [-0.2, 0) is 14.8 Å². The number of nitrogens with zero attached hydrogens (tertiary/aromatic N) is 1. The second-order valence-electron chi connectivity index (χ2n) is 5.51. The van der Waals surface area contributed by atoms with Gasteiger partial charge in [0.2, 0.25) is 10.0 Å². The van der Waals surface area contributed by atoms with E-state index in [0.717, 1.165) is 0 Å². The second-order valence-corrected chi connectivity index (χ2v) is 7.20. The van der Waals surface area contributed by atoms with Crippen LogP contribution in [0.1, 0.15) is 20.3 Å². The highest BCUT2D eigenvalue weighted by atomic mass is 32.2. The van der Waals surface area contributed by atoms with Crippen LogP contribution in [-0.4, -0.2) is 38.6 Å². The monoisotopic (exact) mass is 312 g/mol. The van der Waals surface area contributed by atoms with Crippen LogP contribution >= 0.6 is 0 Å². The Labute approximate surface area is 124 Å². The lowest BCUT2D eigenvalue weighted by atomic mass is 10.1. The molecule has 2 rings (SSSR count). The molecule has 1 saturated heterocycles. The first-order valence-corrected chi connectivity index (χ1v) is 8.38. The number of para-hydroxylation sites is 1. The number of anilines is 1. The van der Waals surface area contributed by atoms with E-state index in [1.807, 2.05) is 4.90 Å². The third-order valence-corrected chi connectivity index (χ3v) is 5.13. The molecule has 0 spiro atoms. The van der Waals surface area contributed by atoms with E-state index in [-0.39, 0.29) is 10.9 Å². The van der Waals surface area contributed by atoms with E-state index in [9.17, 15) is 13.2 Å². The van der Waals surface area contributed by atoms with Crippen LogP contribution < -0.4 is 9.62 Å². The average molecular weight is 312 g/mol. The Morgan fingerprint density at radius 3 is 2.62 bits per heavy atom. The van der Waals surface area contributed by atoms with Gasteiger partial charge in [-0.15, -0.1) is 0 Å². The molecule has 116 valence electrons. The van der Waals surface area contributed by atoms with Gasteiger partial charge < -0.3 is 10.0 Å². The molecule has 0 aliphatic carbocycles. The molecular weight excluding hydrogens is 292 g/mol. The van der Waals surface area contributed by atoms with Gasteiger partial charge in [-0.05, 0) is 32.4 Å². The summed E-state index contributed by atoms with van der Waals surface area (Å²) < 4.78 is 27.3. The van der Waals surface area contributed by atoms with Gasteiger partial charge in [-0.2, -0.15) is 0 Å². The van der Waals surface area contributed by atoms with Crippen LogP contribution in [0.3, 0.4) is 0 Å². The summed E-state index contributed by atoms with van der Waals surface area (Å²) in [6.45, 7) is 4.40. The molecule has 0 bridgehead atoms. The van der Waals surface area contributed by atoms with E-state index >= 15 is 0 Å². The van der Waals surface area contributed by atoms with Crippen molar-refractivity contribution in [3.8, 4) is 0 Å². The number of benzene rings is 1. The zero-order valence-electron chi connectivity index (χ0n) is 12.1. The minimum absolute atomic E-state index is 0.199. The maximum atomic E-state index is 12.4. The minimum atomic E-state index is -3.60. The third-order valence-electron chi connectivity index (χ3n) is 3.42. The summed E-state index contributed by atoms with van der Waals surface area (Å²) in [6.07, 6.45) is 0.529. The summed E-state index contributed by atoms with van der Waals surface area (Å²) in [5.74, 6) is -1.28. The van der Waals surface area contributed by atoms with Gasteiger partial charge in [-0.1, -0.05) is 12.1 Å². The molecule has 6 nitrogen and oxygen atoms in total. The molecule has 2 N–H and O–H groups in total. The number of carbonyl (C=O) groups is 1. The minimum Gasteiger partial charge on any atom is -0.481 e. The molecule has 0 saturated carbocycles. The molecule has 1 aliphatic rings. The van der Waals surface area contributed by atoms with Crippen molar-refractivity contribution in [1.82, 2.24) is 4.72 Å². The molecule has 0 amide bonds. The molecule has 1 aromatic rings. The van der Waals surface area contributed by atoms with Crippen LogP contribution in [0.2, 0.25) is 0 Å². The number of aliphatic carboxylic acids is 1. The van der Waals surface area contributed by atoms with Crippen molar-refractivity contribution < 1.29 is 18.3 Å². The highest BCUT2D eigenvalue weighted by molar-refractivity contribution is 7.89. The fraction of sp³-hybridized carbons (Fsp3) is 0.500. The van der Waals surface area contributed by atoms with Crippen molar-refractivity contribution in [3.05, 3.63) is 24.3 Å². The zero-order chi connectivity index (χ0) is 15.6. The lowest BCUT2D eigenvalue weighted by Gasteiger charge is -2.22. The van der Waals surface area contributed by atoms with E-state index in [1.54, 1.807) is 38.1 Å². The Hall–Kier alpha value is -1.60. The highest BCUT2D eigenvalue weighted by Crippen LogP contribution is 2.30. The second kappa shape index (κ2) is 6.03. The van der Waals surface area contributed by atoms with Crippen molar-refractivity contribution in [2.45, 2.75) is 31.2 Å². The van der Waals surface area contributed by atoms with Gasteiger partial charge in [0.1, 0.15) is 4.90 Å². The van der Waals surface area contributed by atoms with Gasteiger partial charge in [0.15, 0.2) is 0 Å². The number of carboxylic acid groups (broad SMARTS) is 1. The SMILES string of the molecule is CC(C)NS(=O)(=O)c1ccccc1N1CCC(C(=O)O)C1. The molecule has 7 heteroatoms. The number of nitrogens with one attached hydrogen (secondary N) is 1. The topological polar surface area (TPSA) is 86.7 Å². The average Bonchev–Trinajstić information content (AvgIpc) is 2.87. The zero-order valence-corrected chi connectivity index (χ0v) is 12.9. The van der Waals surface area contributed by atoms with Gasteiger partial charge in [-0.3, -0.25) is 4.79 Å². The summed E-state index contributed by atoms with van der Waals surface area (Å²) in [7, 11) is -3.60. The van der Waals surface area contributed by atoms with Crippen LogP contribution in [0, 0.1) is 5.92 Å². The Kier molecular flexibility index (Phi) is 4.53. The van der Waals surface area contributed by atoms with Gasteiger partial charge >= 0.3 is 5.97 Å². The van der Waals surface area contributed by atoms with E-state index in [0.29, 0.717) is 25.2 Å². The Morgan fingerprint density at radius 2 is 2.05 bits per heavy atom. The number of rotatable bonds is 5. The smallest absolute Gasteiger partial charge is 0.308 e. The van der Waals surface area contributed by atoms with E-state index in [1.165, 1.54) is 0 Å². The molecule has 21 heavy (non-hydrogen) atoms. The van der Waals surface area contributed by atoms with Crippen molar-refractivity contribution in [1.29, 1.82) is 0 Å². The molecule has 0 radical (unpaired) electrons. The normalized spacial score (nSPS) is 19.2. The molecule has 1 atom stereocenters. The van der Waals surface area contributed by atoms with Crippen molar-refractivity contribution in [2.24, 2.45) is 5.92 Å². The first kappa shape index (κ1) is 15.8. The fourth-order valence-electron chi connectivity index (χ4n) is 2.50. The number of sulfonamides is 1. The Bertz CT molecular complexity index is 628. The Morgan fingerprint density at radius 1 is 1.38 bits per heavy atom. The summed E-state index contributed by atoms with van der Waals surface area (Å²) >= 11 is 0. The molecule has 1 aliphatic heterocycles. The summed E-state index contributed by atoms with van der Waals surface area (Å²) in [4.78, 5) is 13.1. The predicted octanol–water partition coefficient (Wildman–Crippen LogP) is 1.28. The maximum absolute atomic E-state index is 12.4. The summed E-state index contributed by atoms with van der Waals surface area (Å²) in [5, 5.41) is 9.07. The number of carboxylic acids is 1. The quantitative estimate of drug-likeness (QED) is 0.855. The van der Waals surface area contributed by atoms with Crippen LogP contribution in [0.4, 0.5) is 5.69 Å². The third kappa shape index (κ3) is 3.54. The molecule has 1 unspecified atom stereocenters. The van der Waals surface area contributed by atoms with Crippen molar-refractivity contribution >= 4 is 21.7 Å². The van der Waals surface area contributed by atoms with E-state index < -0.39 is 21.9 Å². The fourth-order valence-corrected chi connectivity index (χ4v) is 3.98. The van der Waals surface area contributed by atoms with Crippen LogP contribution in [0.15, 0.2) is 29.2 Å². The molecule has 0 aromatic heterocycles. The summed E-state index contributed by atoms with van der Waals surface area (Å²) in [5.41, 5.74) is 0.564. The van der Waals surface area contributed by atoms with Crippen molar-refractivity contribution in [3.63, 3.8) is 0 Å². The van der Waals surface area contributed by atoms with Gasteiger partial charge in [0.05, 0.1) is 11.6 Å². The number of hydrogen-bond acceptors (Lipinski definition) is 4. The van der Waals surface area contributed by atoms with E-state index in [4.69, 9.17) is 5.11 Å². The van der Waals surface area contributed by atoms with Crippen molar-refractivity contribution in [2.75, 3.05) is 18.0 Å². The summed E-state index contributed by atoms with van der Waals surface area (Å²) in [6, 6.07) is 6.50. The molecule has 1 fully saturated rings. The first-order valence-electron chi connectivity index (χ1n) is 6.90. The predicted molar refractivity (Wildman–Crippen MR) is 79.9 cm³/mol. The highest BCUT2D eigenvalue weighted by Gasteiger charge is 2.31. The standard InChI is InChI=1S/C14H20N2O4S/c1-10(2)15-21(19,20)13-6-4-3-5-12(13)16-8-7-11(9-16)14(17)18/h3-6,10-11,15H,7-9H2,1-2H3,(H,17,18). The molecule has 1 aromatic carbocycles. The number of hydrogen-bond donors (Lipinski definition) is 2. The largest absolute Gasteiger partial charge is 0.481 e. The maximum Gasteiger partial charge on any atom is 0.308 e. The van der Waals surface area contributed by atoms with E-state index in [2.05, 4.69) is 4.72 Å². The first-order chi connectivity index (χ1) is 9.81. The Balaban J connectivity index is 2.32. The van der Waals surface area contributed by atoms with Gasteiger partial charge in [0.25, 0.3) is 0 Å². The lowest BCUT2D eigenvalue weighted by molar-refractivity contribution is -0.140. The van der Waals surface area contributed by atoms with Gasteiger partial charge in [-0.25, -0.2) is 13.1 Å². The van der Waals surface area contributed by atoms with Crippen LogP contribution in [0.5, 0.6) is 0 Å². The van der Waals surface area contributed by atoms with Crippen LogP contribution in [0.25, 0.3) is 0 Å². The molecular formula is C14H20N2O4S. The van der Waals surface area contributed by atoms with Gasteiger partial charge in [0, 0.05) is 19.1 Å². The molecule has 1 heterocycles.